The van der Waals surface area contributed by atoms with E-state index in [0.29, 0.717) is 0 Å². The molecule has 0 saturated heterocycles. The molecule has 1 radical (unpaired) electrons. The van der Waals surface area contributed by atoms with Crippen LogP contribution in [0.15, 0.2) is 0 Å². The minimum absolute atomic E-state index is 0. The van der Waals surface area contributed by atoms with Crippen molar-refractivity contribution in [3.8, 4) is 0 Å². The summed E-state index contributed by atoms with van der Waals surface area (Å²) in [7, 11) is 0. The summed E-state index contributed by atoms with van der Waals surface area (Å²) < 4.78 is 86.8. The van der Waals surface area contributed by atoms with Crippen LogP contribution in [0.2, 0.25) is 0 Å². The molecule has 0 aliphatic heterocycles. The maximum absolute atomic E-state index is 13.0. The summed E-state index contributed by atoms with van der Waals surface area (Å²) in [5, 5.41) is 18.3. The molecular formula is C12H21EuF7O2. The van der Waals surface area contributed by atoms with Gasteiger partial charge in [-0.3, -0.25) is 0 Å². The van der Waals surface area contributed by atoms with Gasteiger partial charge in [-0.05, 0) is 5.41 Å². The molecule has 0 saturated carbocycles. The van der Waals surface area contributed by atoms with Crippen LogP contribution in [-0.4, -0.2) is 40.4 Å². The molecule has 0 spiro atoms. The van der Waals surface area contributed by atoms with Gasteiger partial charge in [-0.15, -0.1) is 0 Å². The van der Waals surface area contributed by atoms with Gasteiger partial charge in [0.25, 0.3) is 0 Å². The van der Waals surface area contributed by atoms with Crippen molar-refractivity contribution < 1.29 is 90.3 Å². The fraction of sp³-hybridized carbons (Fsp3) is 0.833. The maximum atomic E-state index is 13.0. The first kappa shape index (κ1) is 30.8. The Morgan fingerprint density at radius 1 is 0.773 bits per heavy atom. The first-order valence-electron chi connectivity index (χ1n) is 5.23. The smallest absolute Gasteiger partial charge is 0.392 e. The van der Waals surface area contributed by atoms with Gasteiger partial charge in [0, 0.05) is 6.42 Å². The number of alkyl halides is 7. The van der Waals surface area contributed by atoms with E-state index in [-0.39, 0.29) is 64.2 Å². The normalized spacial score (nSPS) is 15.8. The summed E-state index contributed by atoms with van der Waals surface area (Å²) in [4.78, 5) is 0. The Morgan fingerprint density at radius 3 is 1.32 bits per heavy atom. The Labute approximate surface area is 167 Å². The summed E-state index contributed by atoms with van der Waals surface area (Å²) in [6.07, 6.45) is -12.8. The molecule has 10 heteroatoms. The molecule has 0 aromatic heterocycles. The average Bonchev–Trinajstić information content (AvgIpc) is 2.13. The molecule has 0 heterocycles. The van der Waals surface area contributed by atoms with Crippen LogP contribution in [0.4, 0.5) is 30.7 Å². The van der Waals surface area contributed by atoms with Crippen molar-refractivity contribution in [2.45, 2.75) is 57.4 Å². The molecule has 0 aromatic rings. The van der Waals surface area contributed by atoms with Gasteiger partial charge in [0.2, 0.25) is 0 Å². The molecule has 0 aliphatic rings. The Balaban J connectivity index is -0.000000540. The van der Waals surface area contributed by atoms with E-state index in [1.165, 1.54) is 20.8 Å². The second-order valence-electron chi connectivity index (χ2n) is 5.33. The monoisotopic (exact) mass is 483 g/mol. The summed E-state index contributed by atoms with van der Waals surface area (Å²) in [6, 6.07) is 0. The number of aliphatic hydroxyl groups is 2. The maximum Gasteiger partial charge on any atom is 2.00 e. The van der Waals surface area contributed by atoms with Crippen LogP contribution < -0.4 is 0 Å². The van der Waals surface area contributed by atoms with Crippen molar-refractivity contribution in [2.75, 3.05) is 0 Å². The topological polar surface area (TPSA) is 40.5 Å². The number of hydrogen-bond donors (Lipinski definition) is 2. The summed E-state index contributed by atoms with van der Waals surface area (Å²) in [6.45, 7) is 4.05. The van der Waals surface area contributed by atoms with E-state index in [2.05, 4.69) is 0 Å². The van der Waals surface area contributed by atoms with Crippen LogP contribution in [-0.2, 0) is 0 Å². The largest absolute Gasteiger partial charge is 2.00 e. The standard InChI is InChI=1S/C10H15F7O2.2CH3.Eu/c1-7(2,3)5(18)4-6(19)8(11,12)9(13,14)10(15,16)17;;;/h5-6,18-19H,4H2,1-3H3;2*1H3;/q;2*-1;+2. The minimum atomic E-state index is -6.50. The van der Waals surface area contributed by atoms with E-state index in [1.54, 1.807) is 0 Å². The fourth-order valence-electron chi connectivity index (χ4n) is 1.11. The fourth-order valence-corrected chi connectivity index (χ4v) is 1.11. The SMILES string of the molecule is CC(C)(C)C(O)CC(O)C(F)(F)C(F)(F)C(F)(F)F.[CH3-].[CH3-].[Eu+2]. The quantitative estimate of drug-likeness (QED) is 0.472. The third-order valence-electron chi connectivity index (χ3n) is 2.64. The number of halogens is 7. The molecule has 2 nitrogen and oxygen atoms in total. The molecule has 137 valence electrons. The number of aliphatic hydroxyl groups excluding tert-OH is 2. The van der Waals surface area contributed by atoms with Crippen molar-refractivity contribution in [2.24, 2.45) is 5.41 Å². The van der Waals surface area contributed by atoms with Gasteiger partial charge in [0.05, 0.1) is 6.10 Å². The van der Waals surface area contributed by atoms with Gasteiger partial charge >= 0.3 is 67.4 Å². The minimum Gasteiger partial charge on any atom is -0.392 e. The summed E-state index contributed by atoms with van der Waals surface area (Å²) >= 11 is 0. The molecule has 0 fully saturated rings. The van der Waals surface area contributed by atoms with Crippen molar-refractivity contribution in [3.05, 3.63) is 14.9 Å². The van der Waals surface area contributed by atoms with Crippen molar-refractivity contribution in [1.82, 2.24) is 0 Å². The van der Waals surface area contributed by atoms with Crippen molar-refractivity contribution in [3.63, 3.8) is 0 Å². The molecule has 0 amide bonds. The summed E-state index contributed by atoms with van der Waals surface area (Å²) in [5.41, 5.74) is -1.05. The first-order chi connectivity index (χ1) is 8.05. The molecule has 2 N–H and O–H groups in total. The van der Waals surface area contributed by atoms with Gasteiger partial charge in [-0.1, -0.05) is 20.8 Å². The van der Waals surface area contributed by atoms with Crippen LogP contribution >= 0.6 is 0 Å². The van der Waals surface area contributed by atoms with E-state index in [4.69, 9.17) is 5.11 Å². The molecule has 0 bridgehead atoms. The van der Waals surface area contributed by atoms with E-state index in [0.717, 1.165) is 0 Å². The van der Waals surface area contributed by atoms with E-state index < -0.39 is 42.1 Å². The van der Waals surface area contributed by atoms with Crippen molar-refractivity contribution in [1.29, 1.82) is 0 Å². The average molecular weight is 482 g/mol. The van der Waals surface area contributed by atoms with Gasteiger partial charge in [-0.2, -0.15) is 30.7 Å². The zero-order valence-electron chi connectivity index (χ0n) is 12.8. The Hall–Kier alpha value is 1.01. The number of rotatable bonds is 4. The molecule has 0 rings (SSSR count). The molecule has 22 heavy (non-hydrogen) atoms. The third kappa shape index (κ3) is 6.87. The second kappa shape index (κ2) is 9.49. The van der Waals surface area contributed by atoms with E-state index in [9.17, 15) is 35.8 Å². The zero-order valence-corrected chi connectivity index (χ0v) is 15.2. The van der Waals surface area contributed by atoms with Crippen LogP contribution in [0.3, 0.4) is 0 Å². The molecule has 0 aromatic carbocycles. The predicted molar refractivity (Wildman–Crippen MR) is 64.9 cm³/mol. The molecule has 0 aliphatic carbocycles. The van der Waals surface area contributed by atoms with Crippen LogP contribution in [0, 0.1) is 69.6 Å². The third-order valence-corrected chi connectivity index (χ3v) is 2.64. The first-order valence-corrected chi connectivity index (χ1v) is 5.23. The van der Waals surface area contributed by atoms with Crippen molar-refractivity contribution >= 4 is 0 Å². The Kier molecular flexibility index (Phi) is 13.3. The Bertz CT molecular complexity index is 314. The molecule has 2 unspecified atom stereocenters. The van der Waals surface area contributed by atoms with E-state index in [1.807, 2.05) is 0 Å². The molecule has 2 atom stereocenters. The second-order valence-corrected chi connectivity index (χ2v) is 5.33. The van der Waals surface area contributed by atoms with Gasteiger partial charge in [0.15, 0.2) is 0 Å². The predicted octanol–water partition coefficient (Wildman–Crippen LogP) is 3.88. The zero-order chi connectivity index (χ0) is 15.9. The number of hydrogen-bond acceptors (Lipinski definition) is 2. The molecular weight excluding hydrogens is 461 g/mol. The van der Waals surface area contributed by atoms with Crippen LogP contribution in [0.1, 0.15) is 27.2 Å². The summed E-state index contributed by atoms with van der Waals surface area (Å²) in [5.74, 6) is -12.1. The Morgan fingerprint density at radius 2 is 1.09 bits per heavy atom. The van der Waals surface area contributed by atoms with Gasteiger partial charge in [0.1, 0.15) is 6.10 Å². The van der Waals surface area contributed by atoms with Crippen LogP contribution in [0.25, 0.3) is 0 Å². The van der Waals surface area contributed by atoms with Gasteiger partial charge in [-0.25, -0.2) is 0 Å². The van der Waals surface area contributed by atoms with Gasteiger partial charge < -0.3 is 25.1 Å². The van der Waals surface area contributed by atoms with E-state index >= 15 is 0 Å². The van der Waals surface area contributed by atoms with Crippen LogP contribution in [0.5, 0.6) is 0 Å².